The van der Waals surface area contributed by atoms with E-state index in [1.165, 1.54) is 55.3 Å². The minimum absolute atomic E-state index is 0.0461. The highest BCUT2D eigenvalue weighted by Crippen LogP contribution is 2.52. The zero-order valence-electron chi connectivity index (χ0n) is 19.9. The molecule has 0 aromatic heterocycles. The van der Waals surface area contributed by atoms with Gasteiger partial charge in [0.25, 0.3) is 0 Å². The molecule has 0 bridgehead atoms. The van der Waals surface area contributed by atoms with Crippen molar-refractivity contribution in [1.29, 1.82) is 0 Å². The van der Waals surface area contributed by atoms with E-state index in [0.29, 0.717) is 0 Å². The van der Waals surface area contributed by atoms with Crippen LogP contribution in [0.25, 0.3) is 43.8 Å². The fourth-order valence-corrected chi connectivity index (χ4v) is 7.25. The van der Waals surface area contributed by atoms with Crippen molar-refractivity contribution >= 4 is 50.8 Å². The van der Waals surface area contributed by atoms with Crippen LogP contribution in [0.3, 0.4) is 0 Å². The Labute approximate surface area is 210 Å². The van der Waals surface area contributed by atoms with Gasteiger partial charge < -0.3 is 0 Å². The van der Waals surface area contributed by atoms with Crippen molar-refractivity contribution in [3.05, 3.63) is 99.5 Å². The summed E-state index contributed by atoms with van der Waals surface area (Å²) in [6, 6.07) is 27.0. The van der Waals surface area contributed by atoms with Crippen molar-refractivity contribution < 1.29 is 0 Å². The predicted molar refractivity (Wildman–Crippen MR) is 150 cm³/mol. The van der Waals surface area contributed by atoms with Gasteiger partial charge >= 0.3 is 0 Å². The molecular formula is C32H24BBr. The van der Waals surface area contributed by atoms with E-state index >= 15 is 0 Å². The minimum Gasteiger partial charge on any atom is -0.0812 e. The van der Waals surface area contributed by atoms with E-state index in [0.717, 1.165) is 20.7 Å². The molecule has 5 aromatic carbocycles. The lowest BCUT2D eigenvalue weighted by atomic mass is 9.77. The SMILES string of the molecule is [B]c1c2cc3c(cc2c(Br)c2cc4c(cc12)C(C)(C)c1ccccc1-4)-c1ccccc1C3(C)C. The predicted octanol–water partition coefficient (Wildman–Crippen LogP) is 8.16. The third kappa shape index (κ3) is 2.35. The van der Waals surface area contributed by atoms with Crippen molar-refractivity contribution in [2.24, 2.45) is 0 Å². The van der Waals surface area contributed by atoms with Crippen LogP contribution in [0.15, 0.2) is 77.3 Å². The van der Waals surface area contributed by atoms with Gasteiger partial charge in [0.15, 0.2) is 0 Å². The quantitative estimate of drug-likeness (QED) is 0.149. The summed E-state index contributed by atoms with van der Waals surface area (Å²) < 4.78 is 1.13. The van der Waals surface area contributed by atoms with Crippen molar-refractivity contribution in [1.82, 2.24) is 0 Å². The summed E-state index contributed by atoms with van der Waals surface area (Å²) in [7, 11) is 6.98. The summed E-state index contributed by atoms with van der Waals surface area (Å²) >= 11 is 4.01. The molecule has 162 valence electrons. The monoisotopic (exact) mass is 498 g/mol. The van der Waals surface area contributed by atoms with Crippen LogP contribution in [0.4, 0.5) is 0 Å². The van der Waals surface area contributed by atoms with Crippen LogP contribution in [0.5, 0.6) is 0 Å². The maximum absolute atomic E-state index is 6.98. The Hall–Kier alpha value is -2.84. The summed E-state index contributed by atoms with van der Waals surface area (Å²) in [4.78, 5) is 0. The number of fused-ring (bicyclic) bond motifs is 8. The highest BCUT2D eigenvalue weighted by molar-refractivity contribution is 9.10. The van der Waals surface area contributed by atoms with Gasteiger partial charge in [0, 0.05) is 15.3 Å². The third-order valence-electron chi connectivity index (χ3n) is 8.50. The molecule has 2 aliphatic rings. The lowest BCUT2D eigenvalue weighted by molar-refractivity contribution is 0.661. The first-order valence-corrected chi connectivity index (χ1v) is 12.7. The first kappa shape index (κ1) is 20.5. The van der Waals surface area contributed by atoms with E-state index in [1.807, 2.05) is 0 Å². The van der Waals surface area contributed by atoms with Gasteiger partial charge in [-0.2, -0.15) is 0 Å². The molecule has 34 heavy (non-hydrogen) atoms. The highest BCUT2D eigenvalue weighted by atomic mass is 79.9. The van der Waals surface area contributed by atoms with Crippen LogP contribution < -0.4 is 5.46 Å². The Balaban J connectivity index is 1.60. The lowest BCUT2D eigenvalue weighted by Crippen LogP contribution is -2.17. The second-order valence-corrected chi connectivity index (χ2v) is 11.7. The minimum atomic E-state index is -0.0461. The summed E-state index contributed by atoms with van der Waals surface area (Å²) in [6.07, 6.45) is 0. The molecule has 0 amide bonds. The zero-order valence-corrected chi connectivity index (χ0v) is 21.5. The van der Waals surface area contributed by atoms with Crippen molar-refractivity contribution in [3.8, 4) is 22.3 Å². The van der Waals surface area contributed by atoms with Crippen molar-refractivity contribution in [2.75, 3.05) is 0 Å². The van der Waals surface area contributed by atoms with Gasteiger partial charge in [-0.1, -0.05) is 93.8 Å². The van der Waals surface area contributed by atoms with Crippen LogP contribution >= 0.6 is 15.9 Å². The molecule has 5 aromatic rings. The third-order valence-corrected chi connectivity index (χ3v) is 9.35. The molecule has 0 aliphatic heterocycles. The largest absolute Gasteiger partial charge is 0.115 e. The number of hydrogen-bond donors (Lipinski definition) is 0. The zero-order chi connectivity index (χ0) is 23.6. The average molecular weight is 499 g/mol. The van der Waals surface area contributed by atoms with E-state index in [-0.39, 0.29) is 10.8 Å². The van der Waals surface area contributed by atoms with Crippen LogP contribution in [-0.4, -0.2) is 7.85 Å². The Morgan fingerprint density at radius 1 is 0.529 bits per heavy atom. The smallest absolute Gasteiger partial charge is 0.0812 e. The second-order valence-electron chi connectivity index (χ2n) is 11.0. The van der Waals surface area contributed by atoms with Crippen LogP contribution in [-0.2, 0) is 10.8 Å². The molecule has 0 atom stereocenters. The molecule has 0 spiro atoms. The maximum Gasteiger partial charge on any atom is 0.115 e. The molecule has 0 fully saturated rings. The molecule has 2 heteroatoms. The van der Waals surface area contributed by atoms with Gasteiger partial charge in [-0.25, -0.2) is 0 Å². The summed E-state index contributed by atoms with van der Waals surface area (Å²) in [5, 5.41) is 4.63. The summed E-state index contributed by atoms with van der Waals surface area (Å²) in [5.41, 5.74) is 11.6. The van der Waals surface area contributed by atoms with Crippen molar-refractivity contribution in [3.63, 3.8) is 0 Å². The van der Waals surface area contributed by atoms with Gasteiger partial charge in [0.2, 0.25) is 0 Å². The van der Waals surface area contributed by atoms with Crippen molar-refractivity contribution in [2.45, 2.75) is 38.5 Å². The number of halogens is 1. The Morgan fingerprint density at radius 2 is 0.941 bits per heavy atom. The van der Waals surface area contributed by atoms with Crippen LogP contribution in [0.1, 0.15) is 49.9 Å². The molecule has 0 saturated carbocycles. The van der Waals surface area contributed by atoms with Gasteiger partial charge in [-0.3, -0.25) is 0 Å². The van der Waals surface area contributed by atoms with Gasteiger partial charge in [0.05, 0.1) is 0 Å². The molecule has 0 nitrogen and oxygen atoms in total. The first-order valence-electron chi connectivity index (χ1n) is 11.9. The number of rotatable bonds is 0. The molecule has 0 unspecified atom stereocenters. The van der Waals surface area contributed by atoms with E-state index in [9.17, 15) is 0 Å². The molecule has 0 saturated heterocycles. The van der Waals surface area contributed by atoms with Gasteiger partial charge in [0.1, 0.15) is 7.85 Å². The van der Waals surface area contributed by atoms with Crippen LogP contribution in [0, 0.1) is 0 Å². The van der Waals surface area contributed by atoms with Gasteiger partial charge in [-0.15, -0.1) is 0 Å². The van der Waals surface area contributed by atoms with Crippen LogP contribution in [0.2, 0.25) is 0 Å². The maximum atomic E-state index is 6.98. The number of benzene rings is 5. The van der Waals surface area contributed by atoms with E-state index in [1.54, 1.807) is 0 Å². The highest BCUT2D eigenvalue weighted by Gasteiger charge is 2.37. The standard InChI is InChI=1S/C32H24BBr/c1-31(2)25-11-7-5-9-17(25)19-13-23-21(15-27(19)31)29(33)22-16-28-20(14-24(22)30(23)34)18-10-6-8-12-26(18)32(28,3)4/h5-16H,1-4H3. The second kappa shape index (κ2) is 6.43. The lowest BCUT2D eigenvalue weighted by Gasteiger charge is -2.24. The molecule has 7 rings (SSSR count). The number of hydrogen-bond acceptors (Lipinski definition) is 0. The van der Waals surface area contributed by atoms with E-state index in [2.05, 4.69) is 116 Å². The Kier molecular flexibility index (Phi) is 3.88. The van der Waals surface area contributed by atoms with E-state index in [4.69, 9.17) is 7.85 Å². The van der Waals surface area contributed by atoms with Gasteiger partial charge in [-0.05, 0) is 94.1 Å². The molecule has 0 N–H and O–H groups in total. The topological polar surface area (TPSA) is 0 Å². The van der Waals surface area contributed by atoms with E-state index < -0.39 is 0 Å². The molecule has 2 aliphatic carbocycles. The normalized spacial score (nSPS) is 16.4. The Bertz CT molecular complexity index is 1600. The summed E-state index contributed by atoms with van der Waals surface area (Å²) in [5.74, 6) is 0. The average Bonchev–Trinajstić information content (AvgIpc) is 3.20. The molecule has 2 radical (unpaired) electrons. The fraction of sp³-hybridized carbons (Fsp3) is 0.188. The summed E-state index contributed by atoms with van der Waals surface area (Å²) in [6.45, 7) is 9.29. The Morgan fingerprint density at radius 3 is 1.38 bits per heavy atom. The first-order chi connectivity index (χ1) is 16.2. The molecule has 0 heterocycles. The molecular weight excluding hydrogens is 475 g/mol. The fourth-order valence-electron chi connectivity index (χ4n) is 6.59.